The van der Waals surface area contributed by atoms with Crippen molar-refractivity contribution in [2.45, 2.75) is 5.03 Å². The lowest BCUT2D eigenvalue weighted by atomic mass is 10.1. The first kappa shape index (κ1) is 12.6. The fraction of sp³-hybridized carbons (Fsp3) is 0.154. The van der Waals surface area contributed by atoms with Gasteiger partial charge in [0.1, 0.15) is 12.1 Å². The minimum atomic E-state index is 0.0533. The van der Waals surface area contributed by atoms with Gasteiger partial charge in [-0.15, -0.1) is 0 Å². The maximum Gasteiger partial charge on any atom is 0.173 e. The first-order chi connectivity index (χ1) is 8.79. The lowest BCUT2D eigenvalue weighted by Crippen LogP contribution is -2.02. The van der Waals surface area contributed by atoms with Crippen LogP contribution >= 0.6 is 11.8 Å². The van der Waals surface area contributed by atoms with Crippen LogP contribution in [0, 0.1) is 0 Å². The zero-order valence-corrected chi connectivity index (χ0v) is 10.7. The molecule has 4 nitrogen and oxygen atoms in total. The van der Waals surface area contributed by atoms with Crippen molar-refractivity contribution in [1.29, 1.82) is 0 Å². The van der Waals surface area contributed by atoms with E-state index in [2.05, 4.69) is 9.97 Å². The van der Waals surface area contributed by atoms with Gasteiger partial charge in [0.15, 0.2) is 5.78 Å². The molecule has 0 aliphatic rings. The highest BCUT2D eigenvalue weighted by Crippen LogP contribution is 2.18. The molecule has 1 heterocycles. The predicted molar refractivity (Wildman–Crippen MR) is 70.1 cm³/mol. The van der Waals surface area contributed by atoms with Crippen molar-refractivity contribution in [1.82, 2.24) is 9.97 Å². The van der Waals surface area contributed by atoms with Gasteiger partial charge in [-0.2, -0.15) is 0 Å². The van der Waals surface area contributed by atoms with Gasteiger partial charge in [-0.3, -0.25) is 4.79 Å². The Morgan fingerprint density at radius 1 is 1.39 bits per heavy atom. The molecule has 5 heteroatoms. The smallest absolute Gasteiger partial charge is 0.173 e. The van der Waals surface area contributed by atoms with Crippen LogP contribution in [0.5, 0.6) is 5.75 Å². The molecule has 0 amide bonds. The summed E-state index contributed by atoms with van der Waals surface area (Å²) < 4.78 is 5.09. The molecule has 18 heavy (non-hydrogen) atoms. The molecule has 2 aromatic rings. The quantitative estimate of drug-likeness (QED) is 0.469. The van der Waals surface area contributed by atoms with E-state index >= 15 is 0 Å². The van der Waals surface area contributed by atoms with Gasteiger partial charge >= 0.3 is 0 Å². The number of rotatable bonds is 5. The molecule has 0 bridgehead atoms. The molecule has 0 aliphatic heterocycles. The van der Waals surface area contributed by atoms with E-state index in [4.69, 9.17) is 4.74 Å². The van der Waals surface area contributed by atoms with Crippen molar-refractivity contribution in [3.8, 4) is 5.75 Å². The Balaban J connectivity index is 1.99. The lowest BCUT2D eigenvalue weighted by molar-refractivity contribution is 0.102. The second kappa shape index (κ2) is 6.16. The third-order valence-electron chi connectivity index (χ3n) is 2.30. The third-order valence-corrected chi connectivity index (χ3v) is 3.24. The molecule has 1 aromatic carbocycles. The fourth-order valence-corrected chi connectivity index (χ4v) is 2.11. The van der Waals surface area contributed by atoms with Gasteiger partial charge in [-0.05, 0) is 18.2 Å². The molecule has 0 saturated carbocycles. The number of ether oxygens (including phenoxy) is 1. The zero-order valence-electron chi connectivity index (χ0n) is 9.87. The Hall–Kier alpha value is -1.88. The summed E-state index contributed by atoms with van der Waals surface area (Å²) in [6.07, 6.45) is 3.13. The summed E-state index contributed by atoms with van der Waals surface area (Å²) in [4.78, 5) is 19.8. The number of methoxy groups -OCH3 is 1. The van der Waals surface area contributed by atoms with E-state index in [1.807, 2.05) is 6.07 Å². The van der Waals surface area contributed by atoms with Crippen molar-refractivity contribution in [2.24, 2.45) is 0 Å². The Bertz CT molecular complexity index is 532. The van der Waals surface area contributed by atoms with Gasteiger partial charge in [0.2, 0.25) is 0 Å². The molecule has 2 rings (SSSR count). The van der Waals surface area contributed by atoms with E-state index < -0.39 is 0 Å². The summed E-state index contributed by atoms with van der Waals surface area (Å²) >= 11 is 1.40. The van der Waals surface area contributed by atoms with Gasteiger partial charge in [-0.25, -0.2) is 9.97 Å². The molecule has 1 aromatic heterocycles. The fourth-order valence-electron chi connectivity index (χ4n) is 1.38. The van der Waals surface area contributed by atoms with Crippen LogP contribution in [0.4, 0.5) is 0 Å². The second-order valence-corrected chi connectivity index (χ2v) is 4.49. The average molecular weight is 260 g/mol. The van der Waals surface area contributed by atoms with Crippen LogP contribution in [-0.2, 0) is 0 Å². The number of Topliss-reactive ketones (excluding diaryl/α,β-unsaturated/α-hetero) is 1. The molecule has 0 fully saturated rings. The number of nitrogens with zero attached hydrogens (tertiary/aromatic N) is 2. The van der Waals surface area contributed by atoms with E-state index in [0.717, 1.165) is 5.03 Å². The van der Waals surface area contributed by atoms with Crippen molar-refractivity contribution in [2.75, 3.05) is 12.9 Å². The molecule has 0 radical (unpaired) electrons. The molecular weight excluding hydrogens is 248 g/mol. The standard InChI is InChI=1S/C13H12N2O2S/c1-17-11-4-2-3-10(7-11)12(16)8-18-13-5-6-14-9-15-13/h2-7,9H,8H2,1H3. The molecule has 0 N–H and O–H groups in total. The Labute approximate surface area is 109 Å². The SMILES string of the molecule is COc1cccc(C(=O)CSc2ccncn2)c1. The topological polar surface area (TPSA) is 52.1 Å². The van der Waals surface area contributed by atoms with Crippen LogP contribution in [0.2, 0.25) is 0 Å². The van der Waals surface area contributed by atoms with E-state index in [1.54, 1.807) is 37.6 Å². The Morgan fingerprint density at radius 3 is 3.00 bits per heavy atom. The van der Waals surface area contributed by atoms with Gasteiger partial charge in [0, 0.05) is 11.8 Å². The van der Waals surface area contributed by atoms with Crippen LogP contribution in [0.1, 0.15) is 10.4 Å². The molecule has 0 saturated heterocycles. The van der Waals surface area contributed by atoms with Crippen LogP contribution in [0.15, 0.2) is 47.9 Å². The number of thioether (sulfide) groups is 1. The Kier molecular flexibility index (Phi) is 4.30. The maximum atomic E-state index is 12.0. The van der Waals surface area contributed by atoms with Crippen LogP contribution < -0.4 is 4.74 Å². The van der Waals surface area contributed by atoms with Crippen LogP contribution in [0.25, 0.3) is 0 Å². The first-order valence-electron chi connectivity index (χ1n) is 5.35. The number of hydrogen-bond donors (Lipinski definition) is 0. The van der Waals surface area contributed by atoms with Crippen LogP contribution in [0.3, 0.4) is 0 Å². The molecule has 0 spiro atoms. The number of benzene rings is 1. The van der Waals surface area contributed by atoms with Crippen molar-refractivity contribution in [3.05, 3.63) is 48.4 Å². The van der Waals surface area contributed by atoms with Crippen LogP contribution in [-0.4, -0.2) is 28.6 Å². The Morgan fingerprint density at radius 2 is 2.28 bits per heavy atom. The zero-order chi connectivity index (χ0) is 12.8. The van der Waals surface area contributed by atoms with Crippen molar-refractivity contribution < 1.29 is 9.53 Å². The summed E-state index contributed by atoms with van der Waals surface area (Å²) in [5.74, 6) is 1.09. The molecule has 92 valence electrons. The monoisotopic (exact) mass is 260 g/mol. The summed E-state index contributed by atoms with van der Waals surface area (Å²) in [5, 5.41) is 0.793. The average Bonchev–Trinajstić information content (AvgIpc) is 2.46. The van der Waals surface area contributed by atoms with E-state index in [-0.39, 0.29) is 5.78 Å². The minimum Gasteiger partial charge on any atom is -0.497 e. The number of aromatic nitrogens is 2. The number of ketones is 1. The summed E-state index contributed by atoms with van der Waals surface area (Å²) in [5.41, 5.74) is 0.649. The van der Waals surface area contributed by atoms with E-state index in [0.29, 0.717) is 17.1 Å². The van der Waals surface area contributed by atoms with Crippen molar-refractivity contribution >= 4 is 17.5 Å². The highest BCUT2D eigenvalue weighted by Gasteiger charge is 2.08. The predicted octanol–water partition coefficient (Wildman–Crippen LogP) is 2.46. The summed E-state index contributed by atoms with van der Waals surface area (Å²) in [6.45, 7) is 0. The number of carbonyl (C=O) groups is 1. The van der Waals surface area contributed by atoms with Crippen molar-refractivity contribution in [3.63, 3.8) is 0 Å². The van der Waals surface area contributed by atoms with Gasteiger partial charge < -0.3 is 4.74 Å². The normalized spacial score (nSPS) is 10.1. The van der Waals surface area contributed by atoms with E-state index in [9.17, 15) is 4.79 Å². The highest BCUT2D eigenvalue weighted by atomic mass is 32.2. The maximum absolute atomic E-state index is 12.0. The van der Waals surface area contributed by atoms with Gasteiger partial charge in [0.25, 0.3) is 0 Å². The third kappa shape index (κ3) is 3.30. The second-order valence-electron chi connectivity index (χ2n) is 3.49. The molecule has 0 atom stereocenters. The minimum absolute atomic E-state index is 0.0533. The summed E-state index contributed by atoms with van der Waals surface area (Å²) in [7, 11) is 1.58. The molecule has 0 unspecified atom stereocenters. The number of carbonyl (C=O) groups excluding carboxylic acids is 1. The molecule has 0 aliphatic carbocycles. The first-order valence-corrected chi connectivity index (χ1v) is 6.34. The summed E-state index contributed by atoms with van der Waals surface area (Å²) in [6, 6.07) is 8.92. The van der Waals surface area contributed by atoms with Gasteiger partial charge in [0.05, 0.1) is 17.9 Å². The highest BCUT2D eigenvalue weighted by molar-refractivity contribution is 7.99. The lowest BCUT2D eigenvalue weighted by Gasteiger charge is -2.03. The largest absolute Gasteiger partial charge is 0.497 e. The van der Waals surface area contributed by atoms with E-state index in [1.165, 1.54) is 18.1 Å². The number of hydrogen-bond acceptors (Lipinski definition) is 5. The van der Waals surface area contributed by atoms with Gasteiger partial charge in [-0.1, -0.05) is 23.9 Å². The molecular formula is C13H12N2O2S.